The zero-order valence-corrected chi connectivity index (χ0v) is 20.5. The van der Waals surface area contributed by atoms with E-state index in [0.29, 0.717) is 29.6 Å². The highest BCUT2D eigenvalue weighted by molar-refractivity contribution is 6.06. The summed E-state index contributed by atoms with van der Waals surface area (Å²) >= 11 is 0. The maximum atomic E-state index is 14.2. The third-order valence-electron chi connectivity index (χ3n) is 7.49. The average Bonchev–Trinajstić information content (AvgIpc) is 3.11. The van der Waals surface area contributed by atoms with Crippen LogP contribution in [0.5, 0.6) is 0 Å². The summed E-state index contributed by atoms with van der Waals surface area (Å²) < 4.78 is 21.4. The molecule has 1 aliphatic carbocycles. The van der Waals surface area contributed by atoms with Gasteiger partial charge in [-0.15, -0.1) is 0 Å². The molecule has 1 aliphatic heterocycles. The van der Waals surface area contributed by atoms with Crippen molar-refractivity contribution in [3.05, 3.63) is 53.5 Å². The van der Waals surface area contributed by atoms with Crippen molar-refractivity contribution in [2.75, 3.05) is 12.4 Å². The molecule has 2 heterocycles. The first-order valence-electron chi connectivity index (χ1n) is 12.3. The van der Waals surface area contributed by atoms with Gasteiger partial charge in [0.25, 0.3) is 5.91 Å². The number of fused-ring (bicyclic) bond motifs is 3. The summed E-state index contributed by atoms with van der Waals surface area (Å²) in [4.78, 5) is 25.4. The molecule has 1 saturated carbocycles. The van der Waals surface area contributed by atoms with Gasteiger partial charge >= 0.3 is 0 Å². The molecule has 0 atom stereocenters. The number of methoxy groups -OCH3 is 1. The minimum atomic E-state index is -0.494. The fourth-order valence-electron chi connectivity index (χ4n) is 5.79. The van der Waals surface area contributed by atoms with Gasteiger partial charge in [0.15, 0.2) is 0 Å². The topological polar surface area (TPSA) is 86.3 Å². The number of carbonyl (C=O) groups excluding carboxylic acids is 2. The van der Waals surface area contributed by atoms with Gasteiger partial charge in [-0.3, -0.25) is 14.2 Å². The summed E-state index contributed by atoms with van der Waals surface area (Å²) in [6.45, 7) is 4.16. The van der Waals surface area contributed by atoms with Crippen molar-refractivity contribution < 1.29 is 18.7 Å². The second kappa shape index (κ2) is 8.79. The van der Waals surface area contributed by atoms with Crippen LogP contribution in [-0.4, -0.2) is 35.6 Å². The lowest BCUT2D eigenvalue weighted by Crippen LogP contribution is -2.31. The van der Waals surface area contributed by atoms with Gasteiger partial charge in [-0.05, 0) is 73.4 Å². The second-order valence-electron chi connectivity index (χ2n) is 10.7. The van der Waals surface area contributed by atoms with Gasteiger partial charge in [-0.2, -0.15) is 0 Å². The summed E-state index contributed by atoms with van der Waals surface area (Å²) in [5.41, 5.74) is 9.87. The summed E-state index contributed by atoms with van der Waals surface area (Å²) in [5, 5.41) is 4.37. The second-order valence-corrected chi connectivity index (χ2v) is 10.7. The number of amides is 1. The predicted octanol–water partition coefficient (Wildman–Crippen LogP) is 5.53. The Morgan fingerprint density at radius 2 is 1.86 bits per heavy atom. The Morgan fingerprint density at radius 3 is 2.54 bits per heavy atom. The Bertz CT molecular complexity index is 1320. The third kappa shape index (κ3) is 4.33. The first kappa shape index (κ1) is 23.5. The SMILES string of the molecule is CO[C@H]1CC[C@H](Nc2cc(-c3c4n(c5cc(F)ccc35)C(=O)CC(C)(C)C4)ccc2C(N)=O)CC1. The van der Waals surface area contributed by atoms with Crippen molar-refractivity contribution >= 4 is 28.4 Å². The lowest BCUT2D eigenvalue weighted by Gasteiger charge is -2.31. The molecule has 7 heteroatoms. The monoisotopic (exact) mass is 477 g/mol. The number of primary amides is 1. The predicted molar refractivity (Wildman–Crippen MR) is 135 cm³/mol. The van der Waals surface area contributed by atoms with Crippen LogP contribution in [0.2, 0.25) is 0 Å². The van der Waals surface area contributed by atoms with Crippen LogP contribution < -0.4 is 11.1 Å². The Labute approximate surface area is 204 Å². The summed E-state index contributed by atoms with van der Waals surface area (Å²) in [6, 6.07) is 10.4. The Balaban J connectivity index is 1.63. The molecule has 2 aromatic carbocycles. The smallest absolute Gasteiger partial charge is 0.250 e. The van der Waals surface area contributed by atoms with Gasteiger partial charge in [0.2, 0.25) is 5.91 Å². The van der Waals surface area contributed by atoms with Crippen LogP contribution in [0.25, 0.3) is 22.0 Å². The minimum absolute atomic E-state index is 0.0277. The summed E-state index contributed by atoms with van der Waals surface area (Å²) in [5.74, 6) is -0.896. The molecule has 6 nitrogen and oxygen atoms in total. The van der Waals surface area contributed by atoms with Crippen LogP contribution in [0.4, 0.5) is 10.1 Å². The first-order valence-corrected chi connectivity index (χ1v) is 12.3. The minimum Gasteiger partial charge on any atom is -0.382 e. The van der Waals surface area contributed by atoms with E-state index in [9.17, 15) is 14.0 Å². The molecule has 1 aromatic heterocycles. The molecule has 3 N–H and O–H groups in total. The Kier molecular flexibility index (Phi) is 5.91. The standard InChI is InChI=1S/C28H32FN3O3/c1-28(2)14-24-26(21-11-5-17(29)13-23(21)32(24)25(33)15-28)16-4-10-20(27(30)34)22(12-16)31-18-6-8-19(35-3)9-7-18/h4-5,10-13,18-19,31H,6-9,14-15H2,1-3H3,(H2,30,34)/t18-,19-. The third-order valence-corrected chi connectivity index (χ3v) is 7.49. The Hall–Kier alpha value is -3.19. The molecule has 3 aromatic rings. The van der Waals surface area contributed by atoms with Gasteiger partial charge in [-0.25, -0.2) is 4.39 Å². The first-order chi connectivity index (χ1) is 16.7. The van der Waals surface area contributed by atoms with Crippen molar-refractivity contribution in [2.45, 2.75) is 64.5 Å². The van der Waals surface area contributed by atoms with Crippen LogP contribution in [0.1, 0.15) is 66.8 Å². The molecule has 35 heavy (non-hydrogen) atoms. The number of rotatable bonds is 5. The average molecular weight is 478 g/mol. The summed E-state index contributed by atoms with van der Waals surface area (Å²) in [7, 11) is 1.74. The van der Waals surface area contributed by atoms with Gasteiger partial charge in [0.05, 0.1) is 17.2 Å². The number of aromatic nitrogens is 1. The molecule has 1 fully saturated rings. The van der Waals surface area contributed by atoms with Crippen LogP contribution >= 0.6 is 0 Å². The van der Waals surface area contributed by atoms with E-state index in [4.69, 9.17) is 10.5 Å². The number of hydrogen-bond donors (Lipinski definition) is 2. The van der Waals surface area contributed by atoms with Gasteiger partial charge in [-0.1, -0.05) is 19.9 Å². The lowest BCUT2D eigenvalue weighted by atomic mass is 9.80. The molecule has 0 saturated heterocycles. The van der Waals surface area contributed by atoms with E-state index >= 15 is 0 Å². The molecule has 184 valence electrons. The van der Waals surface area contributed by atoms with Crippen LogP contribution in [0.15, 0.2) is 36.4 Å². The maximum Gasteiger partial charge on any atom is 0.250 e. The maximum absolute atomic E-state index is 14.2. The van der Waals surface area contributed by atoms with Gasteiger partial charge in [0, 0.05) is 41.9 Å². The van der Waals surface area contributed by atoms with E-state index in [-0.39, 0.29) is 29.3 Å². The number of benzene rings is 2. The molecular formula is C28H32FN3O3. The number of carbonyl (C=O) groups is 2. The van der Waals surface area contributed by atoms with E-state index in [2.05, 4.69) is 19.2 Å². The quantitative estimate of drug-likeness (QED) is 0.506. The number of hydrogen-bond acceptors (Lipinski definition) is 4. The molecule has 1 amide bonds. The molecular weight excluding hydrogens is 445 g/mol. The number of nitrogens with one attached hydrogen (secondary N) is 1. The number of ether oxygens (including phenoxy) is 1. The number of nitrogens with two attached hydrogens (primary N) is 1. The van der Waals surface area contributed by atoms with Gasteiger partial charge in [0.1, 0.15) is 5.82 Å². The molecule has 0 spiro atoms. The number of nitrogens with zero attached hydrogens (tertiary/aromatic N) is 1. The fraction of sp³-hybridized carbons (Fsp3) is 0.429. The van der Waals surface area contributed by atoms with E-state index in [1.54, 1.807) is 23.8 Å². The van der Waals surface area contributed by atoms with E-state index < -0.39 is 5.91 Å². The number of halogens is 1. The molecule has 2 aliphatic rings. The van der Waals surface area contributed by atoms with Crippen LogP contribution in [-0.2, 0) is 11.2 Å². The van der Waals surface area contributed by atoms with Crippen molar-refractivity contribution in [1.82, 2.24) is 4.57 Å². The van der Waals surface area contributed by atoms with E-state index in [1.807, 2.05) is 12.1 Å². The largest absolute Gasteiger partial charge is 0.382 e. The van der Waals surface area contributed by atoms with Crippen molar-refractivity contribution in [1.29, 1.82) is 0 Å². The van der Waals surface area contributed by atoms with Crippen molar-refractivity contribution in [3.8, 4) is 11.1 Å². The molecule has 0 radical (unpaired) electrons. The highest BCUT2D eigenvalue weighted by Gasteiger charge is 2.35. The normalized spacial score (nSPS) is 21.7. The van der Waals surface area contributed by atoms with Crippen molar-refractivity contribution in [2.24, 2.45) is 11.1 Å². The van der Waals surface area contributed by atoms with E-state index in [0.717, 1.165) is 47.9 Å². The molecule has 0 bridgehead atoms. The highest BCUT2D eigenvalue weighted by atomic mass is 19.1. The van der Waals surface area contributed by atoms with Crippen LogP contribution in [0.3, 0.4) is 0 Å². The summed E-state index contributed by atoms with van der Waals surface area (Å²) in [6.07, 6.45) is 5.15. The van der Waals surface area contributed by atoms with Crippen LogP contribution in [0, 0.1) is 11.2 Å². The Morgan fingerprint density at radius 1 is 1.11 bits per heavy atom. The van der Waals surface area contributed by atoms with E-state index in [1.165, 1.54) is 12.1 Å². The fourth-order valence-corrected chi connectivity index (χ4v) is 5.79. The van der Waals surface area contributed by atoms with Gasteiger partial charge < -0.3 is 15.8 Å². The zero-order chi connectivity index (χ0) is 24.9. The number of anilines is 1. The van der Waals surface area contributed by atoms with Crippen molar-refractivity contribution in [3.63, 3.8) is 0 Å². The zero-order valence-electron chi connectivity index (χ0n) is 20.5. The molecule has 5 rings (SSSR count). The highest BCUT2D eigenvalue weighted by Crippen LogP contribution is 2.43. The molecule has 0 unspecified atom stereocenters. The lowest BCUT2D eigenvalue weighted by molar-refractivity contribution is 0.0681.